The van der Waals surface area contributed by atoms with Gasteiger partial charge in [-0.05, 0) is 23.6 Å². The number of carbonyl (C=O) groups excluding carboxylic acids is 1. The lowest BCUT2D eigenvalue weighted by Gasteiger charge is -2.03. The summed E-state index contributed by atoms with van der Waals surface area (Å²) >= 11 is 1.31. The van der Waals surface area contributed by atoms with Gasteiger partial charge in [0.05, 0.1) is 10.6 Å². The molecule has 0 aliphatic carbocycles. The first-order valence-corrected chi connectivity index (χ1v) is 5.20. The lowest BCUT2D eigenvalue weighted by atomic mass is 10.1. The third-order valence-electron chi connectivity index (χ3n) is 2.04. The molecular weight excluding hydrogens is 213 g/mol. The molecule has 2 nitrogen and oxygen atoms in total. The topological polar surface area (TPSA) is 43.1 Å². The average Bonchev–Trinajstić information content (AvgIpc) is 2.74. The molecule has 15 heavy (non-hydrogen) atoms. The number of nitrogens with two attached hydrogens (primary N) is 1. The van der Waals surface area contributed by atoms with Crippen LogP contribution in [0.5, 0.6) is 0 Å². The van der Waals surface area contributed by atoms with Crippen LogP contribution in [0, 0.1) is 5.82 Å². The molecule has 0 fully saturated rings. The highest BCUT2D eigenvalue weighted by atomic mass is 32.1. The van der Waals surface area contributed by atoms with Gasteiger partial charge in [0.25, 0.3) is 0 Å². The van der Waals surface area contributed by atoms with Gasteiger partial charge >= 0.3 is 0 Å². The van der Waals surface area contributed by atoms with Crippen LogP contribution in [-0.4, -0.2) is 5.78 Å². The second kappa shape index (κ2) is 3.82. The molecule has 0 bridgehead atoms. The molecule has 0 aliphatic rings. The fraction of sp³-hybridized carbons (Fsp3) is 0. The van der Waals surface area contributed by atoms with Crippen molar-refractivity contribution in [1.82, 2.24) is 0 Å². The molecule has 0 amide bonds. The molecule has 0 radical (unpaired) electrons. The van der Waals surface area contributed by atoms with E-state index in [9.17, 15) is 9.18 Å². The van der Waals surface area contributed by atoms with Gasteiger partial charge in [-0.15, -0.1) is 11.3 Å². The van der Waals surface area contributed by atoms with Crippen LogP contribution in [0.2, 0.25) is 0 Å². The maximum atomic E-state index is 13.1. The van der Waals surface area contributed by atoms with Crippen LogP contribution in [0.4, 0.5) is 10.1 Å². The van der Waals surface area contributed by atoms with E-state index in [2.05, 4.69) is 0 Å². The van der Waals surface area contributed by atoms with Crippen molar-refractivity contribution in [1.29, 1.82) is 0 Å². The molecule has 0 aliphatic heterocycles. The van der Waals surface area contributed by atoms with Gasteiger partial charge in [0.1, 0.15) is 5.82 Å². The van der Waals surface area contributed by atoms with Gasteiger partial charge in [0.15, 0.2) is 0 Å². The number of ketones is 1. The highest BCUT2D eigenvalue weighted by Crippen LogP contribution is 2.21. The molecule has 0 saturated heterocycles. The van der Waals surface area contributed by atoms with Crippen molar-refractivity contribution in [2.24, 2.45) is 0 Å². The van der Waals surface area contributed by atoms with Gasteiger partial charge in [-0.1, -0.05) is 12.1 Å². The molecule has 1 aromatic carbocycles. The Labute approximate surface area is 90.2 Å². The molecule has 0 atom stereocenters. The number of hydrogen-bond donors (Lipinski definition) is 1. The van der Waals surface area contributed by atoms with Crippen molar-refractivity contribution in [3.8, 4) is 0 Å². The number of anilines is 1. The minimum absolute atomic E-state index is 0.0871. The maximum Gasteiger partial charge on any atom is 0.205 e. The van der Waals surface area contributed by atoms with Crippen molar-refractivity contribution in [3.05, 3.63) is 52.0 Å². The largest absolute Gasteiger partial charge is 0.396 e. The molecule has 76 valence electrons. The van der Waals surface area contributed by atoms with Crippen LogP contribution in [0.25, 0.3) is 0 Å². The van der Waals surface area contributed by atoms with Crippen LogP contribution in [0.15, 0.2) is 35.7 Å². The molecular formula is C11H8FNOS. The van der Waals surface area contributed by atoms with Gasteiger partial charge in [0, 0.05) is 5.56 Å². The van der Waals surface area contributed by atoms with Crippen LogP contribution < -0.4 is 5.73 Å². The summed E-state index contributed by atoms with van der Waals surface area (Å²) < 4.78 is 13.1. The fourth-order valence-electron chi connectivity index (χ4n) is 1.28. The van der Waals surface area contributed by atoms with E-state index in [1.165, 1.54) is 29.5 Å². The molecule has 2 rings (SSSR count). The van der Waals surface area contributed by atoms with Crippen LogP contribution in [0.3, 0.4) is 0 Å². The summed E-state index contributed by atoms with van der Waals surface area (Å²) in [5.41, 5.74) is 5.63. The van der Waals surface area contributed by atoms with E-state index in [0.717, 1.165) is 0 Å². The first-order chi connectivity index (χ1) is 7.20. The second-order valence-electron chi connectivity index (χ2n) is 3.01. The number of hydrogen-bond acceptors (Lipinski definition) is 3. The number of thiophene rings is 1. The monoisotopic (exact) mass is 221 g/mol. The van der Waals surface area contributed by atoms with Gasteiger partial charge in [-0.2, -0.15) is 0 Å². The molecule has 0 unspecified atom stereocenters. The minimum Gasteiger partial charge on any atom is -0.396 e. The Morgan fingerprint density at radius 3 is 2.73 bits per heavy atom. The SMILES string of the molecule is Nc1c(F)cccc1C(=O)c1cccs1. The molecule has 0 spiro atoms. The summed E-state index contributed by atoms with van der Waals surface area (Å²) in [4.78, 5) is 12.4. The first kappa shape index (κ1) is 9.86. The Balaban J connectivity index is 2.47. The number of nitrogen functional groups attached to an aromatic ring is 1. The van der Waals surface area contributed by atoms with Crippen LogP contribution in [0.1, 0.15) is 15.2 Å². The molecule has 4 heteroatoms. The fourth-order valence-corrected chi connectivity index (χ4v) is 1.95. The third kappa shape index (κ3) is 1.76. The normalized spacial score (nSPS) is 10.2. The summed E-state index contributed by atoms with van der Waals surface area (Å²) in [7, 11) is 0. The Bertz CT molecular complexity index is 493. The molecule has 1 aromatic heterocycles. The second-order valence-corrected chi connectivity index (χ2v) is 3.96. The van der Waals surface area contributed by atoms with Crippen molar-refractivity contribution in [2.45, 2.75) is 0 Å². The molecule has 0 saturated carbocycles. The summed E-state index contributed by atoms with van der Waals surface area (Å²) in [5.74, 6) is -0.792. The third-order valence-corrected chi connectivity index (χ3v) is 2.91. The zero-order valence-electron chi connectivity index (χ0n) is 7.74. The summed E-state index contributed by atoms with van der Waals surface area (Å²) in [6, 6.07) is 7.71. The van der Waals surface area contributed by atoms with E-state index >= 15 is 0 Å². The van der Waals surface area contributed by atoms with E-state index in [1.54, 1.807) is 17.5 Å². The number of benzene rings is 1. The number of halogens is 1. The predicted molar refractivity (Wildman–Crippen MR) is 58.6 cm³/mol. The zero-order valence-corrected chi connectivity index (χ0v) is 8.55. The molecule has 1 heterocycles. The van der Waals surface area contributed by atoms with Gasteiger partial charge < -0.3 is 5.73 Å². The predicted octanol–water partition coefficient (Wildman–Crippen LogP) is 2.70. The Morgan fingerprint density at radius 2 is 2.07 bits per heavy atom. The molecule has 2 aromatic rings. The van der Waals surface area contributed by atoms with Gasteiger partial charge in [-0.3, -0.25) is 4.79 Å². The summed E-state index contributed by atoms with van der Waals surface area (Å²) in [6.07, 6.45) is 0. The first-order valence-electron chi connectivity index (χ1n) is 4.32. The molecule has 2 N–H and O–H groups in total. The minimum atomic E-state index is -0.558. The van der Waals surface area contributed by atoms with Crippen molar-refractivity contribution in [2.75, 3.05) is 5.73 Å². The lowest BCUT2D eigenvalue weighted by Crippen LogP contribution is -2.05. The maximum absolute atomic E-state index is 13.1. The average molecular weight is 221 g/mol. The van der Waals surface area contributed by atoms with Crippen LogP contribution in [-0.2, 0) is 0 Å². The zero-order chi connectivity index (χ0) is 10.8. The van der Waals surface area contributed by atoms with Gasteiger partial charge in [-0.25, -0.2) is 4.39 Å². The Morgan fingerprint density at radius 1 is 1.27 bits per heavy atom. The van der Waals surface area contributed by atoms with E-state index in [4.69, 9.17) is 5.73 Å². The van der Waals surface area contributed by atoms with E-state index in [-0.39, 0.29) is 17.0 Å². The van der Waals surface area contributed by atoms with Crippen molar-refractivity contribution in [3.63, 3.8) is 0 Å². The number of carbonyl (C=O) groups is 1. The quantitative estimate of drug-likeness (QED) is 0.626. The van der Waals surface area contributed by atoms with E-state index in [1.807, 2.05) is 0 Å². The standard InChI is InChI=1S/C11H8FNOS/c12-8-4-1-3-7(10(8)13)11(14)9-5-2-6-15-9/h1-6H,13H2. The van der Waals surface area contributed by atoms with Crippen LogP contribution >= 0.6 is 11.3 Å². The van der Waals surface area contributed by atoms with Crippen molar-refractivity contribution >= 4 is 22.8 Å². The summed E-state index contributed by atoms with van der Waals surface area (Å²) in [6.45, 7) is 0. The van der Waals surface area contributed by atoms with Crippen molar-refractivity contribution < 1.29 is 9.18 Å². The Kier molecular flexibility index (Phi) is 2.51. The summed E-state index contributed by atoms with van der Waals surface area (Å²) in [5, 5.41) is 1.79. The van der Waals surface area contributed by atoms with Gasteiger partial charge in [0.2, 0.25) is 5.78 Å². The highest BCUT2D eigenvalue weighted by Gasteiger charge is 2.14. The smallest absolute Gasteiger partial charge is 0.205 e. The Hall–Kier alpha value is -1.68. The lowest BCUT2D eigenvalue weighted by molar-refractivity contribution is 0.104. The number of para-hydroxylation sites is 1. The van der Waals surface area contributed by atoms with E-state index in [0.29, 0.717) is 4.88 Å². The highest BCUT2D eigenvalue weighted by molar-refractivity contribution is 7.12. The van der Waals surface area contributed by atoms with E-state index < -0.39 is 5.82 Å². The number of rotatable bonds is 2.